The van der Waals surface area contributed by atoms with Crippen LogP contribution in [-0.4, -0.2) is 35.6 Å². The van der Waals surface area contributed by atoms with Gasteiger partial charge in [-0.3, -0.25) is 9.48 Å². The zero-order valence-electron chi connectivity index (χ0n) is 14.4. The number of anilines is 1. The highest BCUT2D eigenvalue weighted by atomic mass is 35.5. The Morgan fingerprint density at radius 1 is 1.21 bits per heavy atom. The van der Waals surface area contributed by atoms with Crippen molar-refractivity contribution < 1.29 is 17.6 Å². The van der Waals surface area contributed by atoms with E-state index in [1.165, 1.54) is 12.3 Å². The molecule has 7 nitrogen and oxygen atoms in total. The van der Waals surface area contributed by atoms with E-state index < -0.39 is 15.7 Å². The normalized spacial score (nSPS) is 18.3. The SMILES string of the molecule is O=C(Nc1ccc(Cl)c(Cl)c1)c1cc(-c2ccco2)n(C2CCS(=O)(=O)C2)n1. The zero-order valence-corrected chi connectivity index (χ0v) is 16.8. The molecule has 1 atom stereocenters. The van der Waals surface area contributed by atoms with Gasteiger partial charge >= 0.3 is 0 Å². The van der Waals surface area contributed by atoms with Crippen LogP contribution in [0, 0.1) is 0 Å². The maximum Gasteiger partial charge on any atom is 0.276 e. The lowest BCUT2D eigenvalue weighted by molar-refractivity contribution is 0.102. The summed E-state index contributed by atoms with van der Waals surface area (Å²) in [6.45, 7) is 0. The third-order valence-corrected chi connectivity index (χ3v) is 6.96. The molecule has 1 aliphatic rings. The number of nitrogens with one attached hydrogen (secondary N) is 1. The summed E-state index contributed by atoms with van der Waals surface area (Å²) in [5, 5.41) is 7.78. The number of amides is 1. The van der Waals surface area contributed by atoms with E-state index in [2.05, 4.69) is 10.4 Å². The molecule has 1 fully saturated rings. The number of carbonyl (C=O) groups excluding carboxylic acids is 1. The van der Waals surface area contributed by atoms with E-state index in [1.54, 1.807) is 35.0 Å². The van der Waals surface area contributed by atoms with Gasteiger partial charge in [0.2, 0.25) is 0 Å². The Hall–Kier alpha value is -2.29. The molecule has 0 radical (unpaired) electrons. The fourth-order valence-corrected chi connectivity index (χ4v) is 5.12. The standard InChI is InChI=1S/C18H15Cl2N3O4S/c19-13-4-3-11(8-14(13)20)21-18(24)15-9-16(17-2-1-6-27-17)23(22-15)12-5-7-28(25,26)10-12/h1-4,6,8-9,12H,5,7,10H2,(H,21,24). The smallest absolute Gasteiger partial charge is 0.276 e. The largest absolute Gasteiger partial charge is 0.463 e. The summed E-state index contributed by atoms with van der Waals surface area (Å²) in [6.07, 6.45) is 1.94. The van der Waals surface area contributed by atoms with E-state index in [4.69, 9.17) is 27.6 Å². The molecule has 1 aliphatic heterocycles. The highest BCUT2D eigenvalue weighted by Crippen LogP contribution is 2.31. The molecule has 1 aromatic carbocycles. The van der Waals surface area contributed by atoms with Gasteiger partial charge in [0.1, 0.15) is 5.69 Å². The van der Waals surface area contributed by atoms with Crippen molar-refractivity contribution in [1.82, 2.24) is 9.78 Å². The molecule has 1 unspecified atom stereocenters. The Labute approximate surface area is 171 Å². The lowest BCUT2D eigenvalue weighted by atomic mass is 10.2. The van der Waals surface area contributed by atoms with Crippen molar-refractivity contribution in [3.63, 3.8) is 0 Å². The molecule has 0 saturated carbocycles. The lowest BCUT2D eigenvalue weighted by Crippen LogP contribution is -2.16. The van der Waals surface area contributed by atoms with E-state index in [1.807, 2.05) is 0 Å². The van der Waals surface area contributed by atoms with E-state index in [0.29, 0.717) is 33.6 Å². The van der Waals surface area contributed by atoms with Crippen molar-refractivity contribution in [2.24, 2.45) is 0 Å². The first kappa shape index (κ1) is 19.0. The van der Waals surface area contributed by atoms with Gasteiger partial charge in [0.15, 0.2) is 21.3 Å². The van der Waals surface area contributed by atoms with E-state index >= 15 is 0 Å². The first-order valence-electron chi connectivity index (χ1n) is 8.43. The van der Waals surface area contributed by atoms with Crippen LogP contribution in [0.25, 0.3) is 11.5 Å². The van der Waals surface area contributed by atoms with Gasteiger partial charge < -0.3 is 9.73 Å². The minimum atomic E-state index is -3.12. The molecule has 0 spiro atoms. The molecule has 2 aromatic heterocycles. The first-order valence-corrected chi connectivity index (χ1v) is 11.0. The van der Waals surface area contributed by atoms with Gasteiger partial charge in [0.25, 0.3) is 5.91 Å². The molecule has 3 heterocycles. The molecule has 3 aromatic rings. The second-order valence-electron chi connectivity index (χ2n) is 6.48. The van der Waals surface area contributed by atoms with Crippen LogP contribution in [0.4, 0.5) is 5.69 Å². The fourth-order valence-electron chi connectivity index (χ4n) is 3.13. The number of nitrogens with zero attached hydrogens (tertiary/aromatic N) is 2. The Morgan fingerprint density at radius 2 is 2.04 bits per heavy atom. The highest BCUT2D eigenvalue weighted by Gasteiger charge is 2.32. The minimum absolute atomic E-state index is 0.0176. The van der Waals surface area contributed by atoms with Gasteiger partial charge in [-0.15, -0.1) is 0 Å². The van der Waals surface area contributed by atoms with Crippen molar-refractivity contribution in [3.05, 3.63) is 58.4 Å². The van der Waals surface area contributed by atoms with Crippen LogP contribution < -0.4 is 5.32 Å². The quantitative estimate of drug-likeness (QED) is 0.660. The molecular weight excluding hydrogens is 425 g/mol. The Balaban J connectivity index is 1.67. The summed E-state index contributed by atoms with van der Waals surface area (Å²) < 4.78 is 30.8. The number of hydrogen-bond acceptors (Lipinski definition) is 5. The number of aromatic nitrogens is 2. The fraction of sp³-hybridized carbons (Fsp3) is 0.222. The average molecular weight is 440 g/mol. The third kappa shape index (κ3) is 3.80. The van der Waals surface area contributed by atoms with Crippen LogP contribution in [0.3, 0.4) is 0 Å². The molecule has 0 aliphatic carbocycles. The Morgan fingerprint density at radius 3 is 2.68 bits per heavy atom. The topological polar surface area (TPSA) is 94.2 Å². The number of benzene rings is 1. The van der Waals surface area contributed by atoms with Crippen LogP contribution >= 0.6 is 23.2 Å². The maximum absolute atomic E-state index is 12.7. The molecule has 28 heavy (non-hydrogen) atoms. The van der Waals surface area contributed by atoms with E-state index in [0.717, 1.165) is 0 Å². The average Bonchev–Trinajstić information content (AvgIpc) is 3.36. The van der Waals surface area contributed by atoms with Gasteiger partial charge in [-0.05, 0) is 36.8 Å². The zero-order chi connectivity index (χ0) is 19.9. The predicted molar refractivity (Wildman–Crippen MR) is 107 cm³/mol. The Bertz CT molecular complexity index is 1140. The van der Waals surface area contributed by atoms with Gasteiger partial charge in [0, 0.05) is 11.8 Å². The highest BCUT2D eigenvalue weighted by molar-refractivity contribution is 7.91. The van der Waals surface area contributed by atoms with Crippen LogP contribution in [0.2, 0.25) is 10.0 Å². The molecule has 1 saturated heterocycles. The summed E-state index contributed by atoms with van der Waals surface area (Å²) in [5.74, 6) is 0.132. The number of carbonyl (C=O) groups is 1. The van der Waals surface area contributed by atoms with Gasteiger partial charge in [-0.1, -0.05) is 23.2 Å². The summed E-state index contributed by atoms with van der Waals surface area (Å²) in [5.41, 5.74) is 1.16. The van der Waals surface area contributed by atoms with Gasteiger partial charge in [-0.2, -0.15) is 5.10 Å². The summed E-state index contributed by atoms with van der Waals surface area (Å²) in [6, 6.07) is 9.42. The molecule has 4 rings (SSSR count). The number of hydrogen-bond donors (Lipinski definition) is 1. The summed E-state index contributed by atoms with van der Waals surface area (Å²) in [7, 11) is -3.12. The molecular formula is C18H15Cl2N3O4S. The van der Waals surface area contributed by atoms with Gasteiger partial charge in [-0.25, -0.2) is 8.42 Å². The second kappa shape index (κ2) is 7.27. The minimum Gasteiger partial charge on any atom is -0.463 e. The molecule has 0 bridgehead atoms. The Kier molecular flexibility index (Phi) is 4.95. The van der Waals surface area contributed by atoms with Crippen LogP contribution in [0.5, 0.6) is 0 Å². The molecule has 1 N–H and O–H groups in total. The van der Waals surface area contributed by atoms with E-state index in [-0.39, 0.29) is 23.2 Å². The van der Waals surface area contributed by atoms with Crippen molar-refractivity contribution in [1.29, 1.82) is 0 Å². The number of rotatable bonds is 4. The molecule has 10 heteroatoms. The predicted octanol–water partition coefficient (Wildman–Crippen LogP) is 4.06. The monoisotopic (exact) mass is 439 g/mol. The molecule has 146 valence electrons. The maximum atomic E-state index is 12.7. The second-order valence-corrected chi connectivity index (χ2v) is 9.52. The van der Waals surface area contributed by atoms with Crippen molar-refractivity contribution in [2.75, 3.05) is 16.8 Å². The van der Waals surface area contributed by atoms with Crippen LogP contribution in [0.1, 0.15) is 23.0 Å². The lowest BCUT2D eigenvalue weighted by Gasteiger charge is -2.11. The number of furan rings is 1. The number of halogens is 2. The van der Waals surface area contributed by atoms with Crippen LogP contribution in [0.15, 0.2) is 47.1 Å². The third-order valence-electron chi connectivity index (χ3n) is 4.47. The summed E-state index contributed by atoms with van der Waals surface area (Å²) in [4.78, 5) is 12.7. The van der Waals surface area contributed by atoms with Gasteiger partial charge in [0.05, 0.1) is 33.9 Å². The number of sulfone groups is 1. The molecule has 1 amide bonds. The van der Waals surface area contributed by atoms with Crippen molar-refractivity contribution >= 4 is 44.6 Å². The van der Waals surface area contributed by atoms with Crippen molar-refractivity contribution in [2.45, 2.75) is 12.5 Å². The summed E-state index contributed by atoms with van der Waals surface area (Å²) >= 11 is 11.9. The van der Waals surface area contributed by atoms with E-state index in [9.17, 15) is 13.2 Å². The first-order chi connectivity index (χ1) is 13.3. The van der Waals surface area contributed by atoms with Crippen LogP contribution in [-0.2, 0) is 9.84 Å². The van der Waals surface area contributed by atoms with Crippen molar-refractivity contribution in [3.8, 4) is 11.5 Å².